The van der Waals surface area contributed by atoms with Crippen LogP contribution in [0.4, 0.5) is 0 Å². The zero-order valence-electron chi connectivity index (χ0n) is 7.75. The third kappa shape index (κ3) is 4.66. The molecule has 0 bridgehead atoms. The summed E-state index contributed by atoms with van der Waals surface area (Å²) in [6.07, 6.45) is 4.70. The van der Waals surface area contributed by atoms with E-state index in [9.17, 15) is 0 Å². The van der Waals surface area contributed by atoms with Gasteiger partial charge in [0.2, 0.25) is 5.79 Å². The molecule has 12 heavy (non-hydrogen) atoms. The normalized spacial score (nSPS) is 12.0. The van der Waals surface area contributed by atoms with Gasteiger partial charge in [0.05, 0.1) is 0 Å². The lowest BCUT2D eigenvalue weighted by atomic mass is 10.1. The van der Waals surface area contributed by atoms with E-state index in [4.69, 9.17) is 10.5 Å². The highest BCUT2D eigenvalue weighted by molar-refractivity contribution is 4.58. The average Bonchev–Trinajstić information content (AvgIpc) is 2.12. The van der Waals surface area contributed by atoms with E-state index in [1.54, 1.807) is 0 Å². The van der Waals surface area contributed by atoms with E-state index in [0.717, 1.165) is 25.7 Å². The minimum absolute atomic E-state index is 0.486. The lowest BCUT2D eigenvalue weighted by Crippen LogP contribution is -2.29. The Balaban J connectivity index is 3.45. The van der Waals surface area contributed by atoms with Crippen molar-refractivity contribution < 1.29 is 20.3 Å². The Hall–Kier alpha value is -0.160. The summed E-state index contributed by atoms with van der Waals surface area (Å²) in [7, 11) is 0. The van der Waals surface area contributed by atoms with Gasteiger partial charge in [-0.15, -0.1) is 0 Å². The maximum absolute atomic E-state index is 8.36. The second-order valence-electron chi connectivity index (χ2n) is 3.13. The number of unbranched alkanes of at least 4 members (excludes halogenated alkanes) is 3. The Kier molecular flexibility index (Phi) is 6.28. The van der Waals surface area contributed by atoms with Crippen molar-refractivity contribution in [2.24, 2.45) is 0 Å². The molecule has 0 aliphatic rings. The third-order valence-electron chi connectivity index (χ3n) is 1.87. The molecule has 0 aliphatic heterocycles. The van der Waals surface area contributed by atoms with Crippen molar-refractivity contribution in [1.82, 2.24) is 0 Å². The van der Waals surface area contributed by atoms with Gasteiger partial charge in [0.25, 0.3) is 0 Å². The lowest BCUT2D eigenvalue weighted by Gasteiger charge is -2.21. The minimum Gasteiger partial charge on any atom is -0.249 e. The van der Waals surface area contributed by atoms with Gasteiger partial charge < -0.3 is 0 Å². The van der Waals surface area contributed by atoms with Crippen LogP contribution in [0.2, 0.25) is 0 Å². The van der Waals surface area contributed by atoms with Crippen molar-refractivity contribution in [3.05, 3.63) is 0 Å². The van der Waals surface area contributed by atoms with Crippen LogP contribution in [0.1, 0.15) is 46.0 Å². The lowest BCUT2D eigenvalue weighted by molar-refractivity contribution is -0.482. The largest absolute Gasteiger partial charge is 0.249 e. The van der Waals surface area contributed by atoms with Crippen LogP contribution >= 0.6 is 0 Å². The molecule has 2 N–H and O–H groups in total. The fourth-order valence-electron chi connectivity index (χ4n) is 0.981. The molecule has 0 aromatic carbocycles. The van der Waals surface area contributed by atoms with Gasteiger partial charge in [-0.1, -0.05) is 26.2 Å². The fourth-order valence-corrected chi connectivity index (χ4v) is 0.981. The first-order valence-electron chi connectivity index (χ1n) is 4.33. The van der Waals surface area contributed by atoms with E-state index < -0.39 is 5.79 Å². The summed E-state index contributed by atoms with van der Waals surface area (Å²) in [6, 6.07) is 0. The van der Waals surface area contributed by atoms with Crippen molar-refractivity contribution in [2.75, 3.05) is 0 Å². The average molecular weight is 178 g/mol. The molecule has 0 radical (unpaired) electrons. The van der Waals surface area contributed by atoms with Crippen LogP contribution in [0, 0.1) is 0 Å². The van der Waals surface area contributed by atoms with Gasteiger partial charge in [0, 0.05) is 6.42 Å². The van der Waals surface area contributed by atoms with Crippen LogP contribution in [0.15, 0.2) is 0 Å². The molecule has 0 rings (SSSR count). The molecule has 0 amide bonds. The van der Waals surface area contributed by atoms with Crippen LogP contribution in [0.25, 0.3) is 0 Å². The summed E-state index contributed by atoms with van der Waals surface area (Å²) in [5.74, 6) is -1.26. The highest BCUT2D eigenvalue weighted by Gasteiger charge is 2.25. The molecular weight excluding hydrogens is 160 g/mol. The van der Waals surface area contributed by atoms with Crippen molar-refractivity contribution >= 4 is 0 Å². The van der Waals surface area contributed by atoms with Crippen LogP contribution in [0.3, 0.4) is 0 Å². The topological polar surface area (TPSA) is 58.9 Å². The van der Waals surface area contributed by atoms with Crippen molar-refractivity contribution in [2.45, 2.75) is 51.7 Å². The molecule has 74 valence electrons. The molecule has 4 nitrogen and oxygen atoms in total. The first-order chi connectivity index (χ1) is 5.68. The molecule has 0 saturated carbocycles. The molecule has 0 atom stereocenters. The molecule has 0 aliphatic carbocycles. The SMILES string of the molecule is CCCCCCC(C)(OO)OO. The van der Waals surface area contributed by atoms with E-state index in [1.165, 1.54) is 6.92 Å². The summed E-state index contributed by atoms with van der Waals surface area (Å²) in [4.78, 5) is 7.99. The smallest absolute Gasteiger partial charge is 0.230 e. The van der Waals surface area contributed by atoms with Gasteiger partial charge in [-0.05, 0) is 13.3 Å². The van der Waals surface area contributed by atoms with Crippen LogP contribution in [-0.2, 0) is 9.78 Å². The molecular formula is C8H18O4. The van der Waals surface area contributed by atoms with Gasteiger partial charge in [0.15, 0.2) is 0 Å². The van der Waals surface area contributed by atoms with E-state index in [0.29, 0.717) is 6.42 Å². The third-order valence-corrected chi connectivity index (χ3v) is 1.87. The number of hydrogen-bond donors (Lipinski definition) is 2. The Morgan fingerprint density at radius 1 is 1.08 bits per heavy atom. The molecule has 0 saturated heterocycles. The number of hydrogen-bond acceptors (Lipinski definition) is 4. The highest BCUT2D eigenvalue weighted by Crippen LogP contribution is 2.18. The van der Waals surface area contributed by atoms with Crippen molar-refractivity contribution in [1.29, 1.82) is 0 Å². The zero-order chi connectivity index (χ0) is 9.45. The van der Waals surface area contributed by atoms with Gasteiger partial charge in [0.1, 0.15) is 0 Å². The minimum atomic E-state index is -1.26. The Bertz CT molecular complexity index is 101. The summed E-state index contributed by atoms with van der Waals surface area (Å²) in [5, 5.41) is 16.7. The Labute approximate surface area is 73.0 Å². The van der Waals surface area contributed by atoms with Crippen LogP contribution in [0.5, 0.6) is 0 Å². The molecule has 4 heteroatoms. The quantitative estimate of drug-likeness (QED) is 0.272. The summed E-state index contributed by atoms with van der Waals surface area (Å²) in [5.41, 5.74) is 0. The van der Waals surface area contributed by atoms with Crippen LogP contribution in [-0.4, -0.2) is 16.3 Å². The number of rotatable bonds is 7. The molecule has 0 heterocycles. The monoisotopic (exact) mass is 178 g/mol. The fraction of sp³-hybridized carbons (Fsp3) is 1.00. The summed E-state index contributed by atoms with van der Waals surface area (Å²) >= 11 is 0. The van der Waals surface area contributed by atoms with E-state index in [-0.39, 0.29) is 0 Å². The van der Waals surface area contributed by atoms with Crippen molar-refractivity contribution in [3.8, 4) is 0 Å². The Morgan fingerprint density at radius 3 is 2.08 bits per heavy atom. The van der Waals surface area contributed by atoms with E-state index in [2.05, 4.69) is 16.7 Å². The first-order valence-corrected chi connectivity index (χ1v) is 4.33. The van der Waals surface area contributed by atoms with Gasteiger partial charge in [-0.2, -0.15) is 0 Å². The first kappa shape index (κ1) is 11.8. The maximum atomic E-state index is 8.36. The van der Waals surface area contributed by atoms with Crippen molar-refractivity contribution in [3.63, 3.8) is 0 Å². The van der Waals surface area contributed by atoms with E-state index in [1.807, 2.05) is 0 Å². The molecule has 0 fully saturated rings. The molecule has 0 unspecified atom stereocenters. The standard InChI is InChI=1S/C8H18O4/c1-3-4-5-6-7-8(2,11-9)12-10/h9-10H,3-7H2,1-2H3. The van der Waals surface area contributed by atoms with Gasteiger partial charge >= 0.3 is 0 Å². The Morgan fingerprint density at radius 2 is 1.67 bits per heavy atom. The van der Waals surface area contributed by atoms with Gasteiger partial charge in [-0.3, -0.25) is 0 Å². The molecule has 0 spiro atoms. The second-order valence-corrected chi connectivity index (χ2v) is 3.13. The summed E-state index contributed by atoms with van der Waals surface area (Å²) < 4.78 is 0. The predicted octanol–water partition coefficient (Wildman–Crippen LogP) is 2.65. The van der Waals surface area contributed by atoms with Crippen LogP contribution < -0.4 is 0 Å². The predicted molar refractivity (Wildman–Crippen MR) is 44.6 cm³/mol. The van der Waals surface area contributed by atoms with E-state index >= 15 is 0 Å². The zero-order valence-corrected chi connectivity index (χ0v) is 7.75. The highest BCUT2D eigenvalue weighted by atomic mass is 17.2. The molecule has 0 aromatic rings. The molecule has 0 aromatic heterocycles. The maximum Gasteiger partial charge on any atom is 0.230 e. The summed E-state index contributed by atoms with van der Waals surface area (Å²) in [6.45, 7) is 3.60. The second kappa shape index (κ2) is 6.37. The van der Waals surface area contributed by atoms with Gasteiger partial charge in [-0.25, -0.2) is 20.3 Å².